The fourth-order valence-corrected chi connectivity index (χ4v) is 1.68. The molecule has 0 unspecified atom stereocenters. The molecular formula is C13H18N3+. The molecule has 2 aromatic rings. The van der Waals surface area contributed by atoms with E-state index in [2.05, 4.69) is 52.3 Å². The molecule has 1 N–H and O–H groups in total. The van der Waals surface area contributed by atoms with Crippen molar-refractivity contribution in [1.29, 1.82) is 0 Å². The number of aromatic amines is 1. The molecule has 16 heavy (non-hydrogen) atoms. The summed E-state index contributed by atoms with van der Waals surface area (Å²) in [6.45, 7) is 5.32. The molecule has 0 aromatic carbocycles. The van der Waals surface area contributed by atoms with Gasteiger partial charge in [0.05, 0.1) is 5.69 Å². The first-order chi connectivity index (χ1) is 7.79. The van der Waals surface area contributed by atoms with Crippen LogP contribution in [0.1, 0.15) is 25.5 Å². The summed E-state index contributed by atoms with van der Waals surface area (Å²) >= 11 is 0. The van der Waals surface area contributed by atoms with Crippen LogP contribution < -0.4 is 4.57 Å². The van der Waals surface area contributed by atoms with Gasteiger partial charge in [-0.3, -0.25) is 5.10 Å². The minimum absolute atomic E-state index is 1.01. The summed E-state index contributed by atoms with van der Waals surface area (Å²) in [5.41, 5.74) is 3.27. The number of nitrogens with one attached hydrogen (secondary N) is 1. The first kappa shape index (κ1) is 10.9. The van der Waals surface area contributed by atoms with Gasteiger partial charge in [-0.05, 0) is 13.0 Å². The van der Waals surface area contributed by atoms with Gasteiger partial charge in [-0.1, -0.05) is 13.3 Å². The molecule has 0 fully saturated rings. The summed E-state index contributed by atoms with van der Waals surface area (Å²) in [6.07, 6.45) is 6.70. The summed E-state index contributed by atoms with van der Waals surface area (Å²) in [5, 5.41) is 7.20. The van der Waals surface area contributed by atoms with Crippen molar-refractivity contribution in [3.05, 3.63) is 36.3 Å². The number of hydrogen-bond acceptors (Lipinski definition) is 1. The molecule has 2 rings (SSSR count). The number of aromatic nitrogens is 3. The van der Waals surface area contributed by atoms with Crippen molar-refractivity contribution in [3.8, 4) is 11.3 Å². The van der Waals surface area contributed by atoms with Gasteiger partial charge < -0.3 is 0 Å². The molecule has 0 spiro atoms. The van der Waals surface area contributed by atoms with Crippen LogP contribution in [0.3, 0.4) is 0 Å². The van der Waals surface area contributed by atoms with E-state index in [9.17, 15) is 0 Å². The third-order valence-electron chi connectivity index (χ3n) is 2.66. The van der Waals surface area contributed by atoms with E-state index in [4.69, 9.17) is 0 Å². The maximum Gasteiger partial charge on any atom is 0.169 e. The zero-order valence-corrected chi connectivity index (χ0v) is 9.90. The van der Waals surface area contributed by atoms with Crippen LogP contribution in [0.4, 0.5) is 0 Å². The van der Waals surface area contributed by atoms with Gasteiger partial charge in [0.15, 0.2) is 12.4 Å². The Labute approximate surface area is 96.1 Å². The van der Waals surface area contributed by atoms with Gasteiger partial charge in [-0.25, -0.2) is 4.57 Å². The van der Waals surface area contributed by atoms with Crippen molar-refractivity contribution >= 4 is 0 Å². The third kappa shape index (κ3) is 2.48. The smallest absolute Gasteiger partial charge is 0.169 e. The molecule has 0 saturated heterocycles. The predicted octanol–water partition coefficient (Wildman–Crippen LogP) is 2.47. The van der Waals surface area contributed by atoms with E-state index < -0.39 is 0 Å². The van der Waals surface area contributed by atoms with Gasteiger partial charge in [0.1, 0.15) is 6.54 Å². The molecule has 0 aliphatic rings. The molecule has 0 radical (unpaired) electrons. The summed E-state index contributed by atoms with van der Waals surface area (Å²) in [7, 11) is 0. The van der Waals surface area contributed by atoms with Crippen molar-refractivity contribution < 1.29 is 4.57 Å². The van der Waals surface area contributed by atoms with Crippen LogP contribution in [0.15, 0.2) is 30.6 Å². The van der Waals surface area contributed by atoms with E-state index >= 15 is 0 Å². The normalized spacial score (nSPS) is 10.6. The van der Waals surface area contributed by atoms with E-state index in [1.54, 1.807) is 0 Å². The molecule has 2 aromatic heterocycles. The number of unbranched alkanes of at least 4 members (excludes halogenated alkanes) is 1. The number of aryl methyl sites for hydroxylation is 2. The van der Waals surface area contributed by atoms with Gasteiger partial charge in [-0.2, -0.15) is 5.10 Å². The van der Waals surface area contributed by atoms with Crippen molar-refractivity contribution in [2.75, 3.05) is 0 Å². The van der Waals surface area contributed by atoms with Gasteiger partial charge >= 0.3 is 0 Å². The summed E-state index contributed by atoms with van der Waals surface area (Å²) in [5.74, 6) is 0. The van der Waals surface area contributed by atoms with E-state index in [1.165, 1.54) is 12.8 Å². The Morgan fingerprint density at radius 1 is 1.31 bits per heavy atom. The average Bonchev–Trinajstić information content (AvgIpc) is 2.74. The molecule has 0 aliphatic carbocycles. The number of hydrogen-bond donors (Lipinski definition) is 1. The summed E-state index contributed by atoms with van der Waals surface area (Å²) < 4.78 is 2.21. The summed E-state index contributed by atoms with van der Waals surface area (Å²) in [4.78, 5) is 0. The quantitative estimate of drug-likeness (QED) is 0.782. The average molecular weight is 216 g/mol. The molecule has 0 aliphatic heterocycles. The van der Waals surface area contributed by atoms with Crippen LogP contribution in [0.25, 0.3) is 11.3 Å². The fourth-order valence-electron chi connectivity index (χ4n) is 1.68. The van der Waals surface area contributed by atoms with Crippen LogP contribution in [0.2, 0.25) is 0 Å². The van der Waals surface area contributed by atoms with E-state index in [1.807, 2.05) is 6.92 Å². The number of H-pyrrole nitrogens is 1. The number of pyridine rings is 1. The van der Waals surface area contributed by atoms with Crippen LogP contribution in [0.5, 0.6) is 0 Å². The van der Waals surface area contributed by atoms with Crippen LogP contribution in [-0.2, 0) is 6.54 Å². The van der Waals surface area contributed by atoms with Crippen LogP contribution >= 0.6 is 0 Å². The standard InChI is InChI=1S/C13H17N3/c1-3-4-7-16-8-5-12(6-9-16)13-10-11(2)14-15-13/h5-6,8-10H,3-4,7H2,1-2H3/p+1. The van der Waals surface area contributed by atoms with Gasteiger partial charge in [0, 0.05) is 29.8 Å². The minimum Gasteiger partial charge on any atom is -0.282 e. The van der Waals surface area contributed by atoms with Crippen LogP contribution in [-0.4, -0.2) is 10.2 Å². The monoisotopic (exact) mass is 216 g/mol. The molecule has 3 heteroatoms. The molecule has 0 bridgehead atoms. The van der Waals surface area contributed by atoms with Crippen molar-refractivity contribution in [2.45, 2.75) is 33.2 Å². The molecule has 0 atom stereocenters. The Morgan fingerprint density at radius 2 is 2.06 bits per heavy atom. The molecule has 2 heterocycles. The Hall–Kier alpha value is -1.64. The lowest BCUT2D eigenvalue weighted by Crippen LogP contribution is -2.32. The van der Waals surface area contributed by atoms with Gasteiger partial charge in [-0.15, -0.1) is 0 Å². The lowest BCUT2D eigenvalue weighted by Gasteiger charge is -1.97. The highest BCUT2D eigenvalue weighted by molar-refractivity contribution is 5.57. The highest BCUT2D eigenvalue weighted by Gasteiger charge is 2.04. The zero-order chi connectivity index (χ0) is 11.4. The SMILES string of the molecule is CCCC[n+]1ccc(-c2cc(C)[nH]n2)cc1. The van der Waals surface area contributed by atoms with Crippen molar-refractivity contribution in [1.82, 2.24) is 10.2 Å². The largest absolute Gasteiger partial charge is 0.282 e. The Balaban J connectivity index is 2.13. The maximum absolute atomic E-state index is 4.24. The molecule has 3 nitrogen and oxygen atoms in total. The van der Waals surface area contributed by atoms with Crippen molar-refractivity contribution in [3.63, 3.8) is 0 Å². The zero-order valence-electron chi connectivity index (χ0n) is 9.90. The van der Waals surface area contributed by atoms with Crippen LogP contribution in [0, 0.1) is 6.92 Å². The lowest BCUT2D eigenvalue weighted by molar-refractivity contribution is -0.697. The molecular weight excluding hydrogens is 198 g/mol. The van der Waals surface area contributed by atoms with E-state index in [0.29, 0.717) is 0 Å². The first-order valence-electron chi connectivity index (χ1n) is 5.81. The molecule has 84 valence electrons. The second-order valence-corrected chi connectivity index (χ2v) is 4.11. The first-order valence-corrected chi connectivity index (χ1v) is 5.81. The molecule has 0 amide bonds. The Morgan fingerprint density at radius 3 is 2.62 bits per heavy atom. The number of rotatable bonds is 4. The maximum atomic E-state index is 4.24. The third-order valence-corrected chi connectivity index (χ3v) is 2.66. The predicted molar refractivity (Wildman–Crippen MR) is 63.9 cm³/mol. The highest BCUT2D eigenvalue weighted by atomic mass is 15.1. The Kier molecular flexibility index (Phi) is 3.34. The van der Waals surface area contributed by atoms with Crippen molar-refractivity contribution in [2.24, 2.45) is 0 Å². The number of nitrogens with zero attached hydrogens (tertiary/aromatic N) is 2. The second-order valence-electron chi connectivity index (χ2n) is 4.11. The Bertz CT molecular complexity index is 442. The van der Waals surface area contributed by atoms with Gasteiger partial charge in [0.25, 0.3) is 0 Å². The lowest BCUT2D eigenvalue weighted by atomic mass is 10.2. The summed E-state index contributed by atoms with van der Waals surface area (Å²) in [6, 6.07) is 6.29. The fraction of sp³-hybridized carbons (Fsp3) is 0.385. The topological polar surface area (TPSA) is 32.6 Å². The minimum atomic E-state index is 1.01. The van der Waals surface area contributed by atoms with E-state index in [0.717, 1.165) is 23.5 Å². The highest BCUT2D eigenvalue weighted by Crippen LogP contribution is 2.15. The van der Waals surface area contributed by atoms with E-state index in [-0.39, 0.29) is 0 Å². The second kappa shape index (κ2) is 4.92. The van der Waals surface area contributed by atoms with Gasteiger partial charge in [0.2, 0.25) is 0 Å². The molecule has 0 saturated carbocycles.